The molecule has 0 radical (unpaired) electrons. The van der Waals surface area contributed by atoms with E-state index in [9.17, 15) is 9.59 Å². The summed E-state index contributed by atoms with van der Waals surface area (Å²) < 4.78 is 1.84. The average Bonchev–Trinajstić information content (AvgIpc) is 3.05. The molecule has 2 aromatic rings. The van der Waals surface area contributed by atoms with Gasteiger partial charge in [0.2, 0.25) is 0 Å². The van der Waals surface area contributed by atoms with Crippen LogP contribution in [-0.4, -0.2) is 77.9 Å². The van der Waals surface area contributed by atoms with Gasteiger partial charge in [0.25, 0.3) is 5.91 Å². The van der Waals surface area contributed by atoms with Gasteiger partial charge < -0.3 is 15.1 Å². The van der Waals surface area contributed by atoms with Crippen LogP contribution in [0.25, 0.3) is 5.65 Å². The van der Waals surface area contributed by atoms with Gasteiger partial charge in [-0.3, -0.25) is 14.1 Å². The Labute approximate surface area is 159 Å². The highest BCUT2D eigenvalue weighted by Crippen LogP contribution is 2.23. The lowest BCUT2D eigenvalue weighted by Crippen LogP contribution is -2.47. The largest absolute Gasteiger partial charge is 0.338 e. The number of anilines is 1. The maximum absolute atomic E-state index is 12.9. The number of amides is 3. The van der Waals surface area contributed by atoms with Gasteiger partial charge in [0.1, 0.15) is 11.5 Å². The Bertz CT molecular complexity index is 838. The van der Waals surface area contributed by atoms with Crippen molar-refractivity contribution < 1.29 is 9.59 Å². The molecule has 1 N–H and O–H groups in total. The molecular weight excluding hydrogens is 344 g/mol. The van der Waals surface area contributed by atoms with Crippen molar-refractivity contribution in [1.82, 2.24) is 24.5 Å². The van der Waals surface area contributed by atoms with Gasteiger partial charge in [-0.2, -0.15) is 0 Å². The van der Waals surface area contributed by atoms with Crippen molar-refractivity contribution in [3.8, 4) is 0 Å². The second-order valence-corrected chi connectivity index (χ2v) is 6.87. The molecule has 0 aromatic carbocycles. The number of likely N-dealkylation sites (N-methyl/N-ethyl adjacent to an activating group) is 1. The van der Waals surface area contributed by atoms with Gasteiger partial charge in [0.05, 0.1) is 11.3 Å². The Morgan fingerprint density at radius 3 is 2.52 bits per heavy atom. The molecule has 0 saturated carbocycles. The SMILES string of the molecule is CCNC(=O)N(C)c1c(CC)nc2ccc(C(=O)N3CCN(C)CC3)cn12. The van der Waals surface area contributed by atoms with E-state index >= 15 is 0 Å². The van der Waals surface area contributed by atoms with E-state index in [1.165, 1.54) is 0 Å². The number of aromatic nitrogens is 2. The molecule has 1 saturated heterocycles. The van der Waals surface area contributed by atoms with Crippen LogP contribution in [0.3, 0.4) is 0 Å². The lowest BCUT2D eigenvalue weighted by Gasteiger charge is -2.32. The van der Waals surface area contributed by atoms with Crippen LogP contribution in [0.15, 0.2) is 18.3 Å². The molecule has 8 heteroatoms. The van der Waals surface area contributed by atoms with Gasteiger partial charge in [0, 0.05) is 46.0 Å². The molecule has 3 heterocycles. The smallest absolute Gasteiger partial charge is 0.322 e. The quantitative estimate of drug-likeness (QED) is 0.882. The van der Waals surface area contributed by atoms with Crippen LogP contribution in [0.5, 0.6) is 0 Å². The van der Waals surface area contributed by atoms with Crippen LogP contribution in [0.2, 0.25) is 0 Å². The molecule has 0 bridgehead atoms. The number of nitrogens with one attached hydrogen (secondary N) is 1. The minimum atomic E-state index is -0.190. The fourth-order valence-corrected chi connectivity index (χ4v) is 3.36. The average molecular weight is 372 g/mol. The van der Waals surface area contributed by atoms with Gasteiger partial charge in [-0.1, -0.05) is 6.92 Å². The molecule has 3 rings (SSSR count). The normalized spacial score (nSPS) is 15.2. The third kappa shape index (κ3) is 3.75. The first-order valence-corrected chi connectivity index (χ1v) is 9.46. The van der Waals surface area contributed by atoms with E-state index in [1.54, 1.807) is 18.1 Å². The van der Waals surface area contributed by atoms with Crippen molar-refractivity contribution in [1.29, 1.82) is 0 Å². The number of aryl methyl sites for hydroxylation is 1. The summed E-state index contributed by atoms with van der Waals surface area (Å²) in [6, 6.07) is 3.47. The Balaban J connectivity index is 1.97. The van der Waals surface area contributed by atoms with Crippen molar-refractivity contribution in [2.24, 2.45) is 0 Å². The molecule has 2 aromatic heterocycles. The number of carbonyl (C=O) groups is 2. The van der Waals surface area contributed by atoms with E-state index in [0.717, 1.165) is 37.5 Å². The van der Waals surface area contributed by atoms with Gasteiger partial charge in [-0.25, -0.2) is 9.78 Å². The Hall–Kier alpha value is -2.61. The molecule has 0 spiro atoms. The number of piperazine rings is 1. The highest BCUT2D eigenvalue weighted by Gasteiger charge is 2.23. The standard InChI is InChI=1S/C19H28N6O2/c1-5-15-17(23(4)19(27)20-6-2)25-13-14(7-8-16(25)21-15)18(26)24-11-9-22(3)10-12-24/h7-8,13H,5-6,9-12H2,1-4H3,(H,20,27). The summed E-state index contributed by atoms with van der Waals surface area (Å²) in [5.74, 6) is 0.717. The third-order valence-electron chi connectivity index (χ3n) is 4.99. The molecule has 3 amide bonds. The highest BCUT2D eigenvalue weighted by molar-refractivity contribution is 5.95. The second kappa shape index (κ2) is 7.96. The van der Waals surface area contributed by atoms with E-state index in [1.807, 2.05) is 35.3 Å². The molecule has 1 aliphatic heterocycles. The summed E-state index contributed by atoms with van der Waals surface area (Å²) in [4.78, 5) is 35.6. The van der Waals surface area contributed by atoms with E-state index in [4.69, 9.17) is 0 Å². The summed E-state index contributed by atoms with van der Waals surface area (Å²) >= 11 is 0. The van der Waals surface area contributed by atoms with Crippen LogP contribution in [-0.2, 0) is 6.42 Å². The molecule has 0 aliphatic carbocycles. The molecule has 1 fully saturated rings. The fraction of sp³-hybridized carbons (Fsp3) is 0.526. The maximum Gasteiger partial charge on any atom is 0.322 e. The summed E-state index contributed by atoms with van der Waals surface area (Å²) in [6.07, 6.45) is 2.50. The van der Waals surface area contributed by atoms with Gasteiger partial charge in [-0.05, 0) is 32.5 Å². The molecule has 27 heavy (non-hydrogen) atoms. The number of carbonyl (C=O) groups excluding carboxylic acids is 2. The molecule has 146 valence electrons. The van der Waals surface area contributed by atoms with E-state index in [0.29, 0.717) is 24.3 Å². The van der Waals surface area contributed by atoms with E-state index in [-0.39, 0.29) is 11.9 Å². The van der Waals surface area contributed by atoms with Crippen molar-refractivity contribution in [2.45, 2.75) is 20.3 Å². The second-order valence-electron chi connectivity index (χ2n) is 6.87. The zero-order valence-electron chi connectivity index (χ0n) is 16.5. The number of rotatable bonds is 4. The number of hydrogen-bond acceptors (Lipinski definition) is 4. The first kappa shape index (κ1) is 19.2. The van der Waals surface area contributed by atoms with Crippen LogP contribution in [0.4, 0.5) is 10.6 Å². The fourth-order valence-electron chi connectivity index (χ4n) is 3.36. The molecule has 0 atom stereocenters. The number of nitrogens with zero attached hydrogens (tertiary/aromatic N) is 5. The van der Waals surface area contributed by atoms with Crippen molar-refractivity contribution in [3.63, 3.8) is 0 Å². The summed E-state index contributed by atoms with van der Waals surface area (Å²) in [7, 11) is 3.79. The zero-order valence-corrected chi connectivity index (χ0v) is 16.5. The van der Waals surface area contributed by atoms with Crippen molar-refractivity contribution in [3.05, 3.63) is 29.6 Å². The number of pyridine rings is 1. The summed E-state index contributed by atoms with van der Waals surface area (Å²) in [6.45, 7) is 7.65. The van der Waals surface area contributed by atoms with Crippen LogP contribution < -0.4 is 10.2 Å². The topological polar surface area (TPSA) is 73.2 Å². The number of fused-ring (bicyclic) bond motifs is 1. The Morgan fingerprint density at radius 1 is 1.19 bits per heavy atom. The monoisotopic (exact) mass is 372 g/mol. The van der Waals surface area contributed by atoms with Gasteiger partial charge in [-0.15, -0.1) is 0 Å². The van der Waals surface area contributed by atoms with Crippen LogP contribution in [0, 0.1) is 0 Å². The number of imidazole rings is 1. The number of hydrogen-bond donors (Lipinski definition) is 1. The van der Waals surface area contributed by atoms with Crippen molar-refractivity contribution in [2.75, 3.05) is 51.7 Å². The predicted molar refractivity (Wildman–Crippen MR) is 105 cm³/mol. The Kier molecular flexibility index (Phi) is 5.65. The maximum atomic E-state index is 12.9. The lowest BCUT2D eigenvalue weighted by molar-refractivity contribution is 0.0663. The van der Waals surface area contributed by atoms with Gasteiger partial charge >= 0.3 is 6.03 Å². The highest BCUT2D eigenvalue weighted by atomic mass is 16.2. The molecule has 0 unspecified atom stereocenters. The molecular formula is C19H28N6O2. The van der Waals surface area contributed by atoms with Gasteiger partial charge in [0.15, 0.2) is 0 Å². The predicted octanol–water partition coefficient (Wildman–Crippen LogP) is 1.45. The Morgan fingerprint density at radius 2 is 1.89 bits per heavy atom. The van der Waals surface area contributed by atoms with Crippen molar-refractivity contribution >= 4 is 23.4 Å². The van der Waals surface area contributed by atoms with Crippen LogP contribution in [0.1, 0.15) is 29.9 Å². The minimum Gasteiger partial charge on any atom is -0.338 e. The minimum absolute atomic E-state index is 0.0170. The summed E-state index contributed by atoms with van der Waals surface area (Å²) in [5.41, 5.74) is 2.17. The molecule has 1 aliphatic rings. The first-order chi connectivity index (χ1) is 13.0. The molecule has 8 nitrogen and oxygen atoms in total. The lowest BCUT2D eigenvalue weighted by atomic mass is 10.2. The van der Waals surface area contributed by atoms with E-state index in [2.05, 4.69) is 22.2 Å². The number of urea groups is 1. The first-order valence-electron chi connectivity index (χ1n) is 9.46. The van der Waals surface area contributed by atoms with E-state index < -0.39 is 0 Å². The zero-order chi connectivity index (χ0) is 19.6. The third-order valence-corrected chi connectivity index (χ3v) is 4.99. The summed E-state index contributed by atoms with van der Waals surface area (Å²) in [5, 5.41) is 2.81. The van der Waals surface area contributed by atoms with Crippen LogP contribution >= 0.6 is 0 Å².